The van der Waals surface area contributed by atoms with Gasteiger partial charge in [-0.2, -0.15) is 13.2 Å². The molecule has 0 amide bonds. The minimum atomic E-state index is -4.33. The predicted octanol–water partition coefficient (Wildman–Crippen LogP) is 5.30. The SMILES string of the molecule is FC(F)(F)c1ccc2c(ccn2-c2cccc(Cl)c2)c1. The molecule has 0 saturated heterocycles. The fraction of sp³-hybridized carbons (Fsp3) is 0.0667. The molecule has 0 fully saturated rings. The minimum Gasteiger partial charge on any atom is -0.317 e. The van der Waals surface area contributed by atoms with Crippen molar-refractivity contribution < 1.29 is 13.2 Å². The Morgan fingerprint density at radius 3 is 2.45 bits per heavy atom. The van der Waals surface area contributed by atoms with E-state index in [4.69, 9.17) is 11.6 Å². The molecule has 0 unspecified atom stereocenters. The molecule has 20 heavy (non-hydrogen) atoms. The van der Waals surface area contributed by atoms with Crippen molar-refractivity contribution in [3.63, 3.8) is 0 Å². The van der Waals surface area contributed by atoms with Crippen LogP contribution in [0.5, 0.6) is 0 Å². The van der Waals surface area contributed by atoms with Crippen LogP contribution in [0.4, 0.5) is 13.2 Å². The van der Waals surface area contributed by atoms with Crippen molar-refractivity contribution in [2.45, 2.75) is 6.18 Å². The Kier molecular flexibility index (Phi) is 2.98. The van der Waals surface area contributed by atoms with E-state index in [0.717, 1.165) is 17.8 Å². The highest BCUT2D eigenvalue weighted by atomic mass is 35.5. The van der Waals surface area contributed by atoms with Crippen molar-refractivity contribution in [3.8, 4) is 5.69 Å². The topological polar surface area (TPSA) is 4.93 Å². The molecule has 3 rings (SSSR count). The van der Waals surface area contributed by atoms with Crippen LogP contribution in [0.2, 0.25) is 5.02 Å². The summed E-state index contributed by atoms with van der Waals surface area (Å²) in [5.41, 5.74) is 0.876. The van der Waals surface area contributed by atoms with Crippen LogP contribution >= 0.6 is 11.6 Å². The maximum absolute atomic E-state index is 12.7. The number of hydrogen-bond acceptors (Lipinski definition) is 0. The highest BCUT2D eigenvalue weighted by molar-refractivity contribution is 6.30. The van der Waals surface area contributed by atoms with E-state index in [1.807, 2.05) is 6.07 Å². The average Bonchev–Trinajstić information content (AvgIpc) is 2.80. The van der Waals surface area contributed by atoms with Crippen molar-refractivity contribution in [3.05, 3.63) is 65.3 Å². The van der Waals surface area contributed by atoms with E-state index in [-0.39, 0.29) is 0 Å². The van der Waals surface area contributed by atoms with Gasteiger partial charge in [0.25, 0.3) is 0 Å². The van der Waals surface area contributed by atoms with Crippen LogP contribution < -0.4 is 0 Å². The van der Waals surface area contributed by atoms with Gasteiger partial charge in [-0.1, -0.05) is 17.7 Å². The van der Waals surface area contributed by atoms with Crippen LogP contribution in [0.25, 0.3) is 16.6 Å². The maximum Gasteiger partial charge on any atom is 0.416 e. The number of benzene rings is 2. The molecule has 1 aromatic heterocycles. The predicted molar refractivity (Wildman–Crippen MR) is 73.3 cm³/mol. The van der Waals surface area contributed by atoms with Crippen LogP contribution in [0, 0.1) is 0 Å². The van der Waals surface area contributed by atoms with Gasteiger partial charge in [0.1, 0.15) is 0 Å². The summed E-state index contributed by atoms with van der Waals surface area (Å²) in [6.07, 6.45) is -2.59. The first-order valence-corrected chi connectivity index (χ1v) is 6.27. The standard InChI is InChI=1S/C15H9ClF3N/c16-12-2-1-3-13(9-12)20-7-6-10-8-11(15(17,18)19)4-5-14(10)20/h1-9H. The molecular formula is C15H9ClF3N. The number of nitrogens with zero attached hydrogens (tertiary/aromatic N) is 1. The number of hydrogen-bond donors (Lipinski definition) is 0. The Hall–Kier alpha value is -1.94. The van der Waals surface area contributed by atoms with Gasteiger partial charge in [0, 0.05) is 22.3 Å². The molecule has 1 nitrogen and oxygen atoms in total. The lowest BCUT2D eigenvalue weighted by atomic mass is 10.1. The highest BCUT2D eigenvalue weighted by Gasteiger charge is 2.30. The molecular weight excluding hydrogens is 287 g/mol. The number of alkyl halides is 3. The molecule has 0 bridgehead atoms. The first-order valence-electron chi connectivity index (χ1n) is 5.89. The third-order valence-electron chi connectivity index (χ3n) is 3.10. The number of halogens is 4. The number of fused-ring (bicyclic) bond motifs is 1. The Morgan fingerprint density at radius 1 is 0.950 bits per heavy atom. The zero-order valence-corrected chi connectivity index (χ0v) is 10.9. The van der Waals surface area contributed by atoms with Crippen LogP contribution in [0.15, 0.2) is 54.7 Å². The van der Waals surface area contributed by atoms with Crippen molar-refractivity contribution in [1.29, 1.82) is 0 Å². The van der Waals surface area contributed by atoms with Crippen molar-refractivity contribution in [1.82, 2.24) is 4.57 Å². The van der Waals surface area contributed by atoms with E-state index < -0.39 is 11.7 Å². The molecule has 0 spiro atoms. The Bertz CT molecular complexity index is 774. The Morgan fingerprint density at radius 2 is 1.75 bits per heavy atom. The lowest BCUT2D eigenvalue weighted by Crippen LogP contribution is -2.04. The van der Waals surface area contributed by atoms with Gasteiger partial charge in [0.15, 0.2) is 0 Å². The van der Waals surface area contributed by atoms with Crippen LogP contribution in [0.1, 0.15) is 5.56 Å². The third kappa shape index (κ3) is 2.27. The second kappa shape index (κ2) is 4.56. The van der Waals surface area contributed by atoms with Gasteiger partial charge in [0.2, 0.25) is 0 Å². The third-order valence-corrected chi connectivity index (χ3v) is 3.34. The first-order chi connectivity index (χ1) is 9.45. The van der Waals surface area contributed by atoms with E-state index >= 15 is 0 Å². The smallest absolute Gasteiger partial charge is 0.317 e. The number of aromatic nitrogens is 1. The lowest BCUT2D eigenvalue weighted by Gasteiger charge is -2.08. The molecule has 1 heterocycles. The van der Waals surface area contributed by atoms with Gasteiger partial charge in [-0.25, -0.2) is 0 Å². The molecule has 5 heteroatoms. The van der Waals surface area contributed by atoms with Gasteiger partial charge in [-0.3, -0.25) is 0 Å². The first kappa shape index (κ1) is 13.1. The van der Waals surface area contributed by atoms with E-state index in [9.17, 15) is 13.2 Å². The summed E-state index contributed by atoms with van der Waals surface area (Å²) >= 11 is 5.94. The Labute approximate surface area is 118 Å². The molecule has 0 radical (unpaired) electrons. The van der Waals surface area contributed by atoms with E-state index in [2.05, 4.69) is 0 Å². The fourth-order valence-electron chi connectivity index (χ4n) is 2.17. The summed E-state index contributed by atoms with van der Waals surface area (Å²) < 4.78 is 39.8. The zero-order valence-electron chi connectivity index (χ0n) is 10.2. The highest BCUT2D eigenvalue weighted by Crippen LogP contribution is 2.32. The average molecular weight is 296 g/mol. The van der Waals surface area contributed by atoms with Gasteiger partial charge in [0.05, 0.1) is 11.1 Å². The molecule has 0 aliphatic rings. The van der Waals surface area contributed by atoms with Crippen molar-refractivity contribution in [2.75, 3.05) is 0 Å². The second-order valence-corrected chi connectivity index (χ2v) is 4.87. The van der Waals surface area contributed by atoms with E-state index in [1.165, 1.54) is 6.07 Å². The maximum atomic E-state index is 12.7. The van der Waals surface area contributed by atoms with Gasteiger partial charge in [-0.15, -0.1) is 0 Å². The fourth-order valence-corrected chi connectivity index (χ4v) is 2.35. The summed E-state index contributed by atoms with van der Waals surface area (Å²) in [6, 6.07) is 12.5. The molecule has 3 aromatic rings. The van der Waals surface area contributed by atoms with Crippen LogP contribution in [-0.2, 0) is 6.18 Å². The Balaban J connectivity index is 2.15. The summed E-state index contributed by atoms with van der Waals surface area (Å²) in [5.74, 6) is 0. The summed E-state index contributed by atoms with van der Waals surface area (Å²) in [5, 5.41) is 1.12. The minimum absolute atomic E-state index is 0.541. The van der Waals surface area contributed by atoms with E-state index in [1.54, 1.807) is 35.0 Å². The molecule has 0 N–H and O–H groups in total. The molecule has 0 aliphatic carbocycles. The molecule has 2 aromatic carbocycles. The summed E-state index contributed by atoms with van der Waals surface area (Å²) in [7, 11) is 0. The summed E-state index contributed by atoms with van der Waals surface area (Å²) in [6.45, 7) is 0. The van der Waals surface area contributed by atoms with Gasteiger partial charge >= 0.3 is 6.18 Å². The summed E-state index contributed by atoms with van der Waals surface area (Å²) in [4.78, 5) is 0. The molecule has 0 aliphatic heterocycles. The second-order valence-electron chi connectivity index (χ2n) is 4.44. The van der Waals surface area contributed by atoms with E-state index in [0.29, 0.717) is 15.9 Å². The molecule has 0 atom stereocenters. The molecule has 0 saturated carbocycles. The van der Waals surface area contributed by atoms with Crippen molar-refractivity contribution in [2.24, 2.45) is 0 Å². The van der Waals surface area contributed by atoms with Crippen LogP contribution in [-0.4, -0.2) is 4.57 Å². The normalized spacial score (nSPS) is 12.0. The lowest BCUT2D eigenvalue weighted by molar-refractivity contribution is -0.137. The monoisotopic (exact) mass is 295 g/mol. The molecule has 102 valence electrons. The van der Waals surface area contributed by atoms with Crippen LogP contribution in [0.3, 0.4) is 0 Å². The van der Waals surface area contributed by atoms with Gasteiger partial charge in [-0.05, 0) is 42.5 Å². The number of rotatable bonds is 1. The zero-order chi connectivity index (χ0) is 14.3. The van der Waals surface area contributed by atoms with Crippen molar-refractivity contribution >= 4 is 22.5 Å². The van der Waals surface area contributed by atoms with Gasteiger partial charge < -0.3 is 4.57 Å². The quantitative estimate of drug-likeness (QED) is 0.574. The largest absolute Gasteiger partial charge is 0.416 e.